The van der Waals surface area contributed by atoms with Gasteiger partial charge in [-0.25, -0.2) is 4.98 Å². The van der Waals surface area contributed by atoms with E-state index in [2.05, 4.69) is 22.1 Å². The number of nitrogens with zero attached hydrogens (tertiary/aromatic N) is 2. The van der Waals surface area contributed by atoms with Crippen molar-refractivity contribution in [2.75, 3.05) is 0 Å². The summed E-state index contributed by atoms with van der Waals surface area (Å²) in [5.74, 6) is 2.41. The zero-order valence-corrected chi connectivity index (χ0v) is 9.37. The molecule has 1 heterocycles. The molecule has 0 spiro atoms. The first-order chi connectivity index (χ1) is 7.31. The van der Waals surface area contributed by atoms with Gasteiger partial charge >= 0.3 is 0 Å². The second-order valence-corrected chi connectivity index (χ2v) is 4.43. The fourth-order valence-corrected chi connectivity index (χ4v) is 2.19. The third-order valence-corrected chi connectivity index (χ3v) is 3.28. The number of hydrogen-bond acceptors (Lipinski definition) is 3. The lowest BCUT2D eigenvalue weighted by atomic mass is 9.89. The highest BCUT2D eigenvalue weighted by Crippen LogP contribution is 2.30. The second-order valence-electron chi connectivity index (χ2n) is 4.43. The summed E-state index contributed by atoms with van der Waals surface area (Å²) in [6.45, 7) is 2.06. The molecular formula is C11H20N4. The zero-order chi connectivity index (χ0) is 10.7. The van der Waals surface area contributed by atoms with Gasteiger partial charge in [-0.1, -0.05) is 26.2 Å². The number of aromatic nitrogens is 3. The fourth-order valence-electron chi connectivity index (χ4n) is 2.19. The Balaban J connectivity index is 2.05. The highest BCUT2D eigenvalue weighted by Gasteiger charge is 2.20. The summed E-state index contributed by atoms with van der Waals surface area (Å²) in [5, 5.41) is 7.25. The Morgan fingerprint density at radius 1 is 1.40 bits per heavy atom. The van der Waals surface area contributed by atoms with Crippen molar-refractivity contribution in [3.63, 3.8) is 0 Å². The molecule has 84 valence electrons. The molecule has 1 saturated carbocycles. The Labute approximate surface area is 90.7 Å². The smallest absolute Gasteiger partial charge is 0.167 e. The summed E-state index contributed by atoms with van der Waals surface area (Å²) in [4.78, 5) is 4.51. The van der Waals surface area contributed by atoms with Crippen LogP contribution in [0.5, 0.6) is 0 Å². The number of rotatable bonds is 3. The van der Waals surface area contributed by atoms with Crippen LogP contribution in [0, 0.1) is 0 Å². The molecular weight excluding hydrogens is 188 g/mol. The van der Waals surface area contributed by atoms with Crippen molar-refractivity contribution >= 4 is 0 Å². The fraction of sp³-hybridized carbons (Fsp3) is 0.818. The van der Waals surface area contributed by atoms with Crippen LogP contribution < -0.4 is 5.73 Å². The van der Waals surface area contributed by atoms with Crippen molar-refractivity contribution < 1.29 is 0 Å². The maximum atomic E-state index is 5.89. The molecule has 4 nitrogen and oxygen atoms in total. The van der Waals surface area contributed by atoms with E-state index in [1.807, 2.05) is 0 Å². The molecule has 0 radical (unpaired) electrons. The van der Waals surface area contributed by atoms with Crippen molar-refractivity contribution in [3.8, 4) is 0 Å². The van der Waals surface area contributed by atoms with E-state index < -0.39 is 0 Å². The van der Waals surface area contributed by atoms with E-state index in [1.165, 1.54) is 32.1 Å². The van der Waals surface area contributed by atoms with E-state index in [0.717, 1.165) is 18.1 Å². The van der Waals surface area contributed by atoms with Crippen molar-refractivity contribution in [1.29, 1.82) is 0 Å². The Morgan fingerprint density at radius 2 is 2.13 bits per heavy atom. The third-order valence-electron chi connectivity index (χ3n) is 3.28. The standard InChI is InChI=1S/C11H20N4/c1-2-9(12)11-13-10(14-15-11)8-6-4-3-5-7-8/h8-9H,2-7,12H2,1H3,(H,13,14,15)/t9-/m0/s1. The van der Waals surface area contributed by atoms with Gasteiger partial charge in [-0.2, -0.15) is 5.10 Å². The average Bonchev–Trinajstić information content (AvgIpc) is 2.78. The molecule has 1 aliphatic carbocycles. The van der Waals surface area contributed by atoms with E-state index in [-0.39, 0.29) is 6.04 Å². The lowest BCUT2D eigenvalue weighted by Crippen LogP contribution is -2.11. The van der Waals surface area contributed by atoms with Crippen LogP contribution in [-0.4, -0.2) is 15.2 Å². The molecule has 1 aliphatic rings. The highest BCUT2D eigenvalue weighted by molar-refractivity contribution is 5.01. The van der Waals surface area contributed by atoms with Crippen LogP contribution in [0.3, 0.4) is 0 Å². The van der Waals surface area contributed by atoms with Crippen molar-refractivity contribution in [2.45, 2.75) is 57.4 Å². The number of nitrogens with two attached hydrogens (primary N) is 1. The third kappa shape index (κ3) is 2.37. The Kier molecular flexibility index (Phi) is 3.36. The lowest BCUT2D eigenvalue weighted by molar-refractivity contribution is 0.429. The van der Waals surface area contributed by atoms with Gasteiger partial charge in [-0.3, -0.25) is 5.10 Å². The molecule has 1 fully saturated rings. The molecule has 0 unspecified atom stereocenters. The molecule has 1 aromatic rings. The Morgan fingerprint density at radius 3 is 2.80 bits per heavy atom. The van der Waals surface area contributed by atoms with Crippen LogP contribution in [0.25, 0.3) is 0 Å². The summed E-state index contributed by atoms with van der Waals surface area (Å²) in [6, 6.07) is -0.0152. The first-order valence-corrected chi connectivity index (χ1v) is 5.99. The quantitative estimate of drug-likeness (QED) is 0.800. The normalized spacial score (nSPS) is 20.4. The van der Waals surface area contributed by atoms with E-state index in [1.54, 1.807) is 0 Å². The molecule has 0 amide bonds. The monoisotopic (exact) mass is 208 g/mol. The molecule has 0 saturated heterocycles. The minimum atomic E-state index is -0.0152. The minimum Gasteiger partial charge on any atom is -0.321 e. The van der Waals surface area contributed by atoms with Crippen LogP contribution >= 0.6 is 0 Å². The number of H-pyrrole nitrogens is 1. The molecule has 4 heteroatoms. The summed E-state index contributed by atoms with van der Waals surface area (Å²) in [7, 11) is 0. The van der Waals surface area contributed by atoms with Gasteiger partial charge in [0.15, 0.2) is 5.82 Å². The van der Waals surface area contributed by atoms with E-state index >= 15 is 0 Å². The van der Waals surface area contributed by atoms with Crippen LogP contribution in [0.4, 0.5) is 0 Å². The number of hydrogen-bond donors (Lipinski definition) is 2. The molecule has 1 atom stereocenters. The molecule has 0 aromatic carbocycles. The van der Waals surface area contributed by atoms with Gasteiger partial charge in [0.2, 0.25) is 0 Å². The summed E-state index contributed by atoms with van der Waals surface area (Å²) in [6.07, 6.45) is 7.39. The minimum absolute atomic E-state index is 0.0152. The molecule has 2 rings (SSSR count). The van der Waals surface area contributed by atoms with Crippen LogP contribution in [0.1, 0.15) is 69.1 Å². The summed E-state index contributed by atoms with van der Waals surface area (Å²) < 4.78 is 0. The van der Waals surface area contributed by atoms with Crippen LogP contribution in [0.2, 0.25) is 0 Å². The zero-order valence-electron chi connectivity index (χ0n) is 9.37. The van der Waals surface area contributed by atoms with Crippen LogP contribution in [0.15, 0.2) is 0 Å². The number of aromatic amines is 1. The van der Waals surface area contributed by atoms with E-state index in [4.69, 9.17) is 5.73 Å². The van der Waals surface area contributed by atoms with Crippen LogP contribution in [-0.2, 0) is 0 Å². The molecule has 15 heavy (non-hydrogen) atoms. The Hall–Kier alpha value is -0.900. The van der Waals surface area contributed by atoms with E-state index in [0.29, 0.717) is 5.92 Å². The largest absolute Gasteiger partial charge is 0.321 e. The lowest BCUT2D eigenvalue weighted by Gasteiger charge is -2.18. The first-order valence-electron chi connectivity index (χ1n) is 5.99. The predicted octanol–water partition coefficient (Wildman–Crippen LogP) is 2.26. The van der Waals surface area contributed by atoms with Crippen molar-refractivity contribution in [2.24, 2.45) is 5.73 Å². The second kappa shape index (κ2) is 4.75. The van der Waals surface area contributed by atoms with Gasteiger partial charge in [0.25, 0.3) is 0 Å². The predicted molar refractivity (Wildman–Crippen MR) is 59.4 cm³/mol. The highest BCUT2D eigenvalue weighted by atomic mass is 15.2. The Bertz CT molecular complexity index is 301. The molecule has 0 bridgehead atoms. The molecule has 3 N–H and O–H groups in total. The van der Waals surface area contributed by atoms with Gasteiger partial charge in [0.1, 0.15) is 5.82 Å². The van der Waals surface area contributed by atoms with Gasteiger partial charge < -0.3 is 5.73 Å². The van der Waals surface area contributed by atoms with Gasteiger partial charge in [0, 0.05) is 5.92 Å². The van der Waals surface area contributed by atoms with Gasteiger partial charge in [-0.05, 0) is 19.3 Å². The number of nitrogens with one attached hydrogen (secondary N) is 1. The average molecular weight is 208 g/mol. The first kappa shape index (κ1) is 10.6. The SMILES string of the molecule is CC[C@H](N)c1n[nH]c(C2CCCCC2)n1. The van der Waals surface area contributed by atoms with Crippen molar-refractivity contribution in [1.82, 2.24) is 15.2 Å². The van der Waals surface area contributed by atoms with Gasteiger partial charge in [-0.15, -0.1) is 0 Å². The summed E-state index contributed by atoms with van der Waals surface area (Å²) in [5.41, 5.74) is 5.89. The topological polar surface area (TPSA) is 67.6 Å². The molecule has 1 aromatic heterocycles. The van der Waals surface area contributed by atoms with Crippen molar-refractivity contribution in [3.05, 3.63) is 11.6 Å². The maximum Gasteiger partial charge on any atom is 0.167 e. The van der Waals surface area contributed by atoms with E-state index in [9.17, 15) is 0 Å². The molecule has 0 aliphatic heterocycles. The van der Waals surface area contributed by atoms with Gasteiger partial charge in [0.05, 0.1) is 6.04 Å². The maximum absolute atomic E-state index is 5.89. The summed E-state index contributed by atoms with van der Waals surface area (Å²) >= 11 is 0.